The van der Waals surface area contributed by atoms with Crippen molar-refractivity contribution in [3.63, 3.8) is 0 Å². The van der Waals surface area contributed by atoms with Crippen LogP contribution in [0.15, 0.2) is 38.0 Å². The van der Waals surface area contributed by atoms with Crippen molar-refractivity contribution in [2.45, 2.75) is 37.6 Å². The second kappa shape index (κ2) is 8.85. The van der Waals surface area contributed by atoms with Crippen molar-refractivity contribution in [1.82, 2.24) is 5.16 Å². The predicted molar refractivity (Wildman–Crippen MR) is 104 cm³/mol. The van der Waals surface area contributed by atoms with Crippen molar-refractivity contribution < 1.29 is 22.5 Å². The van der Waals surface area contributed by atoms with Gasteiger partial charge in [0.1, 0.15) is 5.69 Å². The molecule has 0 fully saturated rings. The molecule has 1 aliphatic rings. The van der Waals surface area contributed by atoms with Crippen LogP contribution in [0.4, 0.5) is 36.1 Å². The molecule has 0 aliphatic carbocycles. The molecule has 29 heavy (non-hydrogen) atoms. The first-order chi connectivity index (χ1) is 13.9. The second-order valence-electron chi connectivity index (χ2n) is 6.36. The molecule has 7 nitrogen and oxygen atoms in total. The van der Waals surface area contributed by atoms with Crippen molar-refractivity contribution in [3.8, 4) is 0 Å². The lowest BCUT2D eigenvalue weighted by molar-refractivity contribution is -0.141. The molecular formula is C18H20F3N5O2S. The molecular weight excluding hydrogens is 407 g/mol. The fourth-order valence-electron chi connectivity index (χ4n) is 3.20. The second-order valence-corrected chi connectivity index (χ2v) is 7.17. The molecule has 0 unspecified atom stereocenters. The number of hydrogen-bond donors (Lipinski definition) is 0. The zero-order chi connectivity index (χ0) is 21.0. The Morgan fingerprint density at radius 1 is 1.31 bits per heavy atom. The number of aryl methyl sites for hydroxylation is 1. The number of carbonyl (C=O) groups is 1. The van der Waals surface area contributed by atoms with Crippen LogP contribution in [0.3, 0.4) is 0 Å². The summed E-state index contributed by atoms with van der Waals surface area (Å²) in [5.41, 5.74) is 1.13. The summed E-state index contributed by atoms with van der Waals surface area (Å²) in [6.07, 6.45) is -0.797. The number of carbonyl (C=O) groups excluding carboxylic acids is 1. The molecule has 1 aliphatic heterocycles. The maximum Gasteiger partial charge on any atom is 0.491 e. The van der Waals surface area contributed by atoms with Crippen LogP contribution in [0.5, 0.6) is 0 Å². The number of azo groups is 1. The van der Waals surface area contributed by atoms with E-state index in [4.69, 9.17) is 4.52 Å². The minimum atomic E-state index is -4.89. The van der Waals surface area contributed by atoms with Gasteiger partial charge in [-0.15, -0.1) is 23.4 Å². The number of thioether (sulfide) groups is 1. The number of rotatable bonds is 6. The van der Waals surface area contributed by atoms with Crippen LogP contribution in [-0.2, 0) is 11.2 Å². The first-order valence-electron chi connectivity index (χ1n) is 9.03. The lowest BCUT2D eigenvalue weighted by Gasteiger charge is -2.27. The Hall–Kier alpha value is -2.56. The maximum absolute atomic E-state index is 13.5. The van der Waals surface area contributed by atoms with Crippen LogP contribution < -0.4 is 9.80 Å². The number of amides is 1. The molecule has 1 aromatic heterocycles. The van der Waals surface area contributed by atoms with Crippen molar-refractivity contribution >= 4 is 41.1 Å². The van der Waals surface area contributed by atoms with Gasteiger partial charge in [-0.25, -0.2) is 4.90 Å². The van der Waals surface area contributed by atoms with E-state index < -0.39 is 6.30 Å². The van der Waals surface area contributed by atoms with E-state index in [9.17, 15) is 18.0 Å². The summed E-state index contributed by atoms with van der Waals surface area (Å²) in [6, 6.07) is 4.47. The third-order valence-electron chi connectivity index (χ3n) is 4.60. The zero-order valence-corrected chi connectivity index (χ0v) is 16.8. The molecule has 1 aromatic carbocycles. The smallest absolute Gasteiger partial charge is 0.372 e. The standard InChI is InChI=1S/C18H20F3N5O2S/c1-3-25-7-5-4-6-12-8-13(22-23-16-10-17(29-2)28-24-16)15(9-14(12)25)26(11-27)18(19,20)21/h8-11H,3-7H2,1-2H3. The third-order valence-corrected chi connectivity index (χ3v) is 5.19. The molecule has 0 spiro atoms. The normalized spacial score (nSPS) is 14.7. The first-order valence-corrected chi connectivity index (χ1v) is 10.3. The highest BCUT2D eigenvalue weighted by Gasteiger charge is 2.39. The fraction of sp³-hybridized carbons (Fsp3) is 0.444. The molecule has 0 bridgehead atoms. The number of fused-ring (bicyclic) bond motifs is 1. The van der Waals surface area contributed by atoms with Gasteiger partial charge in [-0.1, -0.05) is 16.9 Å². The number of anilines is 2. The van der Waals surface area contributed by atoms with Gasteiger partial charge < -0.3 is 9.42 Å². The molecule has 1 amide bonds. The summed E-state index contributed by atoms with van der Waals surface area (Å²) in [5, 5.41) is 12.1. The summed E-state index contributed by atoms with van der Waals surface area (Å²) in [6.45, 7) is 3.33. The van der Waals surface area contributed by atoms with Gasteiger partial charge in [-0.05, 0) is 50.1 Å². The molecule has 0 radical (unpaired) electrons. The Kier molecular flexibility index (Phi) is 6.46. The van der Waals surface area contributed by atoms with E-state index in [1.807, 2.05) is 11.8 Å². The zero-order valence-electron chi connectivity index (χ0n) is 15.9. The monoisotopic (exact) mass is 427 g/mol. The molecule has 0 N–H and O–H groups in total. The van der Waals surface area contributed by atoms with Crippen molar-refractivity contribution in [1.29, 1.82) is 0 Å². The topological polar surface area (TPSA) is 74.3 Å². The molecule has 0 saturated heterocycles. The number of nitrogens with zero attached hydrogens (tertiary/aromatic N) is 5. The lowest BCUT2D eigenvalue weighted by Crippen LogP contribution is -2.37. The van der Waals surface area contributed by atoms with Crippen LogP contribution in [0, 0.1) is 0 Å². The Morgan fingerprint density at radius 2 is 2.10 bits per heavy atom. The highest BCUT2D eigenvalue weighted by molar-refractivity contribution is 7.98. The summed E-state index contributed by atoms with van der Waals surface area (Å²) in [5.74, 6) is 0.134. The Bertz CT molecular complexity index is 900. The van der Waals surface area contributed by atoms with E-state index in [1.54, 1.807) is 12.3 Å². The minimum absolute atomic E-state index is 0.0557. The summed E-state index contributed by atoms with van der Waals surface area (Å²) < 4.78 is 45.4. The van der Waals surface area contributed by atoms with Crippen molar-refractivity contribution in [3.05, 3.63) is 23.8 Å². The minimum Gasteiger partial charge on any atom is -0.372 e. The number of hydrogen-bond acceptors (Lipinski definition) is 7. The SMILES string of the molecule is CCN1CCCCc2cc(N=Nc3cc(SC)on3)c(N(C=O)C(F)(F)F)cc21. The number of benzene rings is 1. The van der Waals surface area contributed by atoms with Crippen molar-refractivity contribution in [2.24, 2.45) is 10.2 Å². The van der Waals surface area contributed by atoms with E-state index in [1.165, 1.54) is 23.9 Å². The summed E-state index contributed by atoms with van der Waals surface area (Å²) in [4.78, 5) is 13.0. The molecule has 3 rings (SSSR count). The average Bonchev–Trinajstić information content (AvgIpc) is 3.05. The van der Waals surface area contributed by atoms with E-state index in [0.717, 1.165) is 24.9 Å². The summed E-state index contributed by atoms with van der Waals surface area (Å²) in [7, 11) is 0. The Labute approximate surface area is 169 Å². The van der Waals surface area contributed by atoms with Crippen LogP contribution in [0.1, 0.15) is 25.3 Å². The van der Waals surface area contributed by atoms with Gasteiger partial charge >= 0.3 is 6.30 Å². The molecule has 0 atom stereocenters. The first kappa shape index (κ1) is 21.2. The number of halogens is 3. The highest BCUT2D eigenvalue weighted by atomic mass is 32.2. The molecule has 156 valence electrons. The average molecular weight is 427 g/mol. The van der Waals surface area contributed by atoms with E-state index >= 15 is 0 Å². The highest BCUT2D eigenvalue weighted by Crippen LogP contribution is 2.41. The number of aromatic nitrogens is 1. The van der Waals surface area contributed by atoms with Gasteiger partial charge in [-0.2, -0.15) is 0 Å². The van der Waals surface area contributed by atoms with E-state index in [0.29, 0.717) is 23.7 Å². The molecule has 2 aromatic rings. The van der Waals surface area contributed by atoms with E-state index in [2.05, 4.69) is 15.4 Å². The number of alkyl halides is 3. The van der Waals surface area contributed by atoms with Crippen LogP contribution in [-0.4, -0.2) is 37.2 Å². The maximum atomic E-state index is 13.5. The fourth-order valence-corrected chi connectivity index (χ4v) is 3.53. The van der Waals surface area contributed by atoms with Crippen LogP contribution >= 0.6 is 11.8 Å². The van der Waals surface area contributed by atoms with Crippen LogP contribution in [0.25, 0.3) is 0 Å². The van der Waals surface area contributed by atoms with E-state index in [-0.39, 0.29) is 28.5 Å². The molecule has 2 heterocycles. The van der Waals surface area contributed by atoms with Gasteiger partial charge in [0.15, 0.2) is 5.09 Å². The summed E-state index contributed by atoms with van der Waals surface area (Å²) >= 11 is 1.31. The molecule has 0 saturated carbocycles. The van der Waals surface area contributed by atoms with Crippen LogP contribution in [0.2, 0.25) is 0 Å². The Morgan fingerprint density at radius 3 is 2.72 bits per heavy atom. The quantitative estimate of drug-likeness (QED) is 0.265. The lowest BCUT2D eigenvalue weighted by atomic mass is 10.0. The van der Waals surface area contributed by atoms with Gasteiger partial charge in [-0.3, -0.25) is 4.79 Å². The van der Waals surface area contributed by atoms with Gasteiger partial charge in [0.25, 0.3) is 0 Å². The Balaban J connectivity index is 2.11. The third kappa shape index (κ3) is 4.72. The van der Waals surface area contributed by atoms with Gasteiger partial charge in [0.2, 0.25) is 12.2 Å². The predicted octanol–water partition coefficient (Wildman–Crippen LogP) is 5.46. The molecule has 11 heteroatoms. The van der Waals surface area contributed by atoms with Gasteiger partial charge in [0.05, 0.1) is 5.69 Å². The largest absolute Gasteiger partial charge is 0.491 e. The van der Waals surface area contributed by atoms with Crippen molar-refractivity contribution in [2.75, 3.05) is 29.1 Å². The van der Waals surface area contributed by atoms with Gasteiger partial charge in [0, 0.05) is 24.8 Å².